The lowest BCUT2D eigenvalue weighted by Gasteiger charge is -2.36. The van der Waals surface area contributed by atoms with Gasteiger partial charge in [-0.15, -0.1) is 5.10 Å². The van der Waals surface area contributed by atoms with Gasteiger partial charge in [0.15, 0.2) is 5.76 Å². The van der Waals surface area contributed by atoms with Crippen LogP contribution < -0.4 is 4.90 Å². The molecule has 0 aromatic carbocycles. The molecule has 0 unspecified atom stereocenters. The second-order valence-electron chi connectivity index (χ2n) is 7.69. The number of aromatic nitrogens is 4. The van der Waals surface area contributed by atoms with Crippen molar-refractivity contribution in [2.45, 2.75) is 57.5 Å². The summed E-state index contributed by atoms with van der Waals surface area (Å²) < 4.78 is 7.36. The van der Waals surface area contributed by atoms with E-state index in [0.29, 0.717) is 17.8 Å². The third kappa shape index (κ3) is 3.76. The van der Waals surface area contributed by atoms with Crippen LogP contribution in [0.4, 0.5) is 0 Å². The Morgan fingerprint density at radius 1 is 1.33 bits per heavy atom. The number of hydrogen-bond donors (Lipinski definition) is 1. The summed E-state index contributed by atoms with van der Waals surface area (Å²) in [4.78, 5) is 15.9. The Morgan fingerprint density at radius 2 is 2.11 bits per heavy atom. The third-order valence-corrected chi connectivity index (χ3v) is 6.00. The summed E-state index contributed by atoms with van der Waals surface area (Å²) in [6.45, 7) is 5.51. The van der Waals surface area contributed by atoms with Gasteiger partial charge in [0.05, 0.1) is 38.5 Å². The molecular formula is C19H29N6O2+. The molecule has 1 saturated heterocycles. The van der Waals surface area contributed by atoms with Crippen molar-refractivity contribution in [1.29, 1.82) is 0 Å². The minimum Gasteiger partial charge on any atom is -0.459 e. The van der Waals surface area contributed by atoms with Crippen LogP contribution in [0, 0.1) is 0 Å². The Kier molecular flexibility index (Phi) is 5.52. The van der Waals surface area contributed by atoms with Crippen molar-refractivity contribution in [3.63, 3.8) is 0 Å². The number of carbonyl (C=O) groups excluding carboxylic acids is 1. The van der Waals surface area contributed by atoms with E-state index < -0.39 is 0 Å². The maximum atomic E-state index is 12.5. The first-order valence-electron chi connectivity index (χ1n) is 10.2. The molecule has 8 heteroatoms. The van der Waals surface area contributed by atoms with Gasteiger partial charge < -0.3 is 14.2 Å². The first-order valence-corrected chi connectivity index (χ1v) is 10.2. The summed E-state index contributed by atoms with van der Waals surface area (Å²) in [5.74, 6) is 1.44. The Hall–Kier alpha value is -2.22. The van der Waals surface area contributed by atoms with Crippen LogP contribution in [0.5, 0.6) is 0 Å². The zero-order valence-electron chi connectivity index (χ0n) is 16.0. The highest BCUT2D eigenvalue weighted by molar-refractivity contribution is 5.91. The Bertz CT molecular complexity index is 729. The van der Waals surface area contributed by atoms with E-state index in [-0.39, 0.29) is 5.91 Å². The molecule has 2 aromatic rings. The van der Waals surface area contributed by atoms with E-state index >= 15 is 0 Å². The largest absolute Gasteiger partial charge is 0.459 e. The van der Waals surface area contributed by atoms with Crippen LogP contribution in [0.1, 0.15) is 73.9 Å². The third-order valence-electron chi connectivity index (χ3n) is 6.00. The zero-order chi connectivity index (χ0) is 18.6. The molecule has 0 bridgehead atoms. The molecule has 2 fully saturated rings. The van der Waals surface area contributed by atoms with E-state index in [2.05, 4.69) is 27.1 Å². The first-order chi connectivity index (χ1) is 13.3. The monoisotopic (exact) mass is 373 g/mol. The number of tetrazole rings is 1. The number of piperazine rings is 1. The van der Waals surface area contributed by atoms with Gasteiger partial charge in [-0.1, -0.05) is 26.2 Å². The Balaban J connectivity index is 1.45. The number of amides is 1. The molecule has 0 spiro atoms. The standard InChI is InChI=1S/C19H28N6O2/c1-2-6-16(18-20-21-22-25(18)15-7-3-4-8-15)23-10-12-24(13-11-23)19(26)17-9-5-14-27-17/h5,9,14-16H,2-4,6-8,10-13H2,1H3/p+1/t16-/m0/s1. The molecule has 8 nitrogen and oxygen atoms in total. The van der Waals surface area contributed by atoms with Crippen molar-refractivity contribution in [1.82, 2.24) is 25.1 Å². The van der Waals surface area contributed by atoms with E-state index in [1.807, 2.05) is 4.90 Å². The topological polar surface area (TPSA) is 81.5 Å². The lowest BCUT2D eigenvalue weighted by molar-refractivity contribution is -0.936. The van der Waals surface area contributed by atoms with Crippen LogP contribution >= 0.6 is 0 Å². The van der Waals surface area contributed by atoms with Crippen LogP contribution in [0.2, 0.25) is 0 Å². The Morgan fingerprint density at radius 3 is 2.78 bits per heavy atom. The lowest BCUT2D eigenvalue weighted by atomic mass is 10.1. The molecule has 1 aliphatic heterocycles. The van der Waals surface area contributed by atoms with Gasteiger partial charge in [0.2, 0.25) is 5.82 Å². The molecule has 146 valence electrons. The van der Waals surface area contributed by atoms with Crippen molar-refractivity contribution < 1.29 is 14.1 Å². The van der Waals surface area contributed by atoms with Crippen LogP contribution in [-0.4, -0.2) is 57.2 Å². The van der Waals surface area contributed by atoms with E-state index in [0.717, 1.165) is 44.8 Å². The van der Waals surface area contributed by atoms with Gasteiger partial charge in [-0.25, -0.2) is 4.68 Å². The number of nitrogens with zero attached hydrogens (tertiary/aromatic N) is 5. The van der Waals surface area contributed by atoms with Crippen molar-refractivity contribution in [3.05, 3.63) is 30.0 Å². The number of nitrogens with one attached hydrogen (secondary N) is 1. The molecule has 4 rings (SSSR count). The van der Waals surface area contributed by atoms with Crippen molar-refractivity contribution >= 4 is 5.91 Å². The first kappa shape index (κ1) is 18.2. The highest BCUT2D eigenvalue weighted by atomic mass is 16.3. The minimum absolute atomic E-state index is 0.0121. The number of hydrogen-bond acceptors (Lipinski definition) is 5. The highest BCUT2D eigenvalue weighted by Gasteiger charge is 2.35. The van der Waals surface area contributed by atoms with Gasteiger partial charge in [-0.2, -0.15) is 0 Å². The van der Waals surface area contributed by atoms with Crippen molar-refractivity contribution in [2.24, 2.45) is 0 Å². The van der Waals surface area contributed by atoms with E-state index in [4.69, 9.17) is 4.42 Å². The van der Waals surface area contributed by atoms with Crippen molar-refractivity contribution in [3.8, 4) is 0 Å². The quantitative estimate of drug-likeness (QED) is 0.825. The fourth-order valence-corrected chi connectivity index (χ4v) is 4.54. The molecule has 1 amide bonds. The molecule has 27 heavy (non-hydrogen) atoms. The van der Waals surface area contributed by atoms with Gasteiger partial charge in [0, 0.05) is 6.42 Å². The van der Waals surface area contributed by atoms with Crippen molar-refractivity contribution in [2.75, 3.05) is 26.2 Å². The zero-order valence-corrected chi connectivity index (χ0v) is 16.0. The average Bonchev–Trinajstić information content (AvgIpc) is 3.47. The number of furan rings is 1. The van der Waals surface area contributed by atoms with Gasteiger partial charge >= 0.3 is 0 Å². The van der Waals surface area contributed by atoms with Crippen LogP contribution in [0.25, 0.3) is 0 Å². The van der Waals surface area contributed by atoms with Gasteiger partial charge in [0.25, 0.3) is 5.91 Å². The van der Waals surface area contributed by atoms with Gasteiger partial charge in [-0.3, -0.25) is 4.79 Å². The minimum atomic E-state index is -0.0121. The van der Waals surface area contributed by atoms with E-state index in [1.165, 1.54) is 30.6 Å². The summed E-state index contributed by atoms with van der Waals surface area (Å²) in [6.07, 6.45) is 8.60. The molecule has 1 atom stereocenters. The fourth-order valence-electron chi connectivity index (χ4n) is 4.54. The number of rotatable bonds is 6. The Labute approximate surface area is 159 Å². The highest BCUT2D eigenvalue weighted by Crippen LogP contribution is 2.30. The van der Waals surface area contributed by atoms with Crippen LogP contribution in [-0.2, 0) is 0 Å². The maximum absolute atomic E-state index is 12.5. The predicted octanol–water partition coefficient (Wildman–Crippen LogP) is 1.26. The van der Waals surface area contributed by atoms with Gasteiger partial charge in [0.1, 0.15) is 6.04 Å². The molecule has 0 radical (unpaired) electrons. The fraction of sp³-hybridized carbons (Fsp3) is 0.684. The summed E-state index contributed by atoms with van der Waals surface area (Å²) >= 11 is 0. The lowest BCUT2D eigenvalue weighted by Crippen LogP contribution is -3.15. The average molecular weight is 373 g/mol. The molecule has 1 saturated carbocycles. The molecule has 3 heterocycles. The maximum Gasteiger partial charge on any atom is 0.289 e. The van der Waals surface area contributed by atoms with Gasteiger partial charge in [-0.05, 0) is 35.4 Å². The normalized spacial score (nSPS) is 20.3. The molecule has 1 aliphatic carbocycles. The molecular weight excluding hydrogens is 344 g/mol. The SMILES string of the molecule is CCC[C@@H](c1nnnn1C1CCCC1)[NH+]1CCN(C(=O)c2ccco2)CC1. The second-order valence-corrected chi connectivity index (χ2v) is 7.69. The van der Waals surface area contributed by atoms with E-state index in [1.54, 1.807) is 18.4 Å². The summed E-state index contributed by atoms with van der Waals surface area (Å²) in [5.41, 5.74) is 0. The predicted molar refractivity (Wildman–Crippen MR) is 98.3 cm³/mol. The van der Waals surface area contributed by atoms with E-state index in [9.17, 15) is 4.79 Å². The smallest absolute Gasteiger partial charge is 0.289 e. The number of carbonyl (C=O) groups is 1. The molecule has 2 aromatic heterocycles. The van der Waals surface area contributed by atoms with Crippen LogP contribution in [0.15, 0.2) is 22.8 Å². The van der Waals surface area contributed by atoms with Crippen LogP contribution in [0.3, 0.4) is 0 Å². The second kappa shape index (κ2) is 8.21. The molecule has 1 N–H and O–H groups in total. The molecule has 2 aliphatic rings. The summed E-state index contributed by atoms with van der Waals surface area (Å²) in [6, 6.07) is 4.24. The summed E-state index contributed by atoms with van der Waals surface area (Å²) in [5, 5.41) is 12.8. The number of quaternary nitrogens is 1. The summed E-state index contributed by atoms with van der Waals surface area (Å²) in [7, 11) is 0.